The highest BCUT2D eigenvalue weighted by Gasteiger charge is 2.14. The van der Waals surface area contributed by atoms with E-state index in [1.165, 1.54) is 0 Å². The van der Waals surface area contributed by atoms with E-state index >= 15 is 0 Å². The molecule has 0 amide bonds. The zero-order valence-electron chi connectivity index (χ0n) is 11.9. The van der Waals surface area contributed by atoms with Crippen molar-refractivity contribution in [1.29, 1.82) is 0 Å². The topological polar surface area (TPSA) is 65.2 Å². The number of benzene rings is 2. The zero-order valence-corrected chi connectivity index (χ0v) is 12.7. The van der Waals surface area contributed by atoms with Crippen molar-refractivity contribution in [2.45, 2.75) is 18.9 Å². The predicted molar refractivity (Wildman–Crippen MR) is 85.8 cm³/mol. The number of aromatic amines is 1. The number of hydrogen-bond acceptors (Lipinski definition) is 3. The van der Waals surface area contributed by atoms with Gasteiger partial charge in [0.15, 0.2) is 0 Å². The molecule has 3 rings (SSSR count). The number of rotatable bonds is 6. The van der Waals surface area contributed by atoms with Gasteiger partial charge in [-0.25, -0.2) is 4.21 Å². The van der Waals surface area contributed by atoms with E-state index in [4.69, 9.17) is 4.18 Å². The van der Waals surface area contributed by atoms with E-state index < -0.39 is 17.5 Å². The molecule has 0 bridgehead atoms. The first-order valence-electron chi connectivity index (χ1n) is 7.10. The molecule has 0 radical (unpaired) electrons. The minimum absolute atomic E-state index is 0.465. The lowest BCUT2D eigenvalue weighted by molar-refractivity contribution is 0.194. The Morgan fingerprint density at radius 2 is 1.82 bits per heavy atom. The lowest BCUT2D eigenvalue weighted by Crippen LogP contribution is -2.07. The predicted octanol–water partition coefficient (Wildman–Crippen LogP) is 3.65. The Hall–Kier alpha value is -1.95. The highest BCUT2D eigenvalue weighted by atomic mass is 32.2. The maximum atomic E-state index is 10.9. The first-order valence-corrected chi connectivity index (χ1v) is 8.10. The minimum Gasteiger partial charge on any atom is -0.750 e. The van der Waals surface area contributed by atoms with Gasteiger partial charge in [0.25, 0.3) is 0 Å². The third-order valence-electron chi connectivity index (χ3n) is 3.72. The van der Waals surface area contributed by atoms with Crippen LogP contribution < -0.4 is 0 Å². The molecule has 1 heterocycles. The lowest BCUT2D eigenvalue weighted by Gasteiger charge is -2.19. The molecule has 1 N–H and O–H groups in total. The molecule has 0 aliphatic carbocycles. The summed E-state index contributed by atoms with van der Waals surface area (Å²) in [6.07, 6.45) is 2.84. The smallest absolute Gasteiger partial charge is 0.0990 e. The number of H-pyrrole nitrogens is 1. The number of hydrogen-bond donors (Lipinski definition) is 1. The second kappa shape index (κ2) is 6.87. The van der Waals surface area contributed by atoms with Crippen LogP contribution in [0.4, 0.5) is 0 Å². The van der Waals surface area contributed by atoms with Crippen LogP contribution in [0.15, 0.2) is 60.8 Å². The largest absolute Gasteiger partial charge is 0.750 e. The van der Waals surface area contributed by atoms with Crippen LogP contribution in [0.1, 0.15) is 23.7 Å². The monoisotopic (exact) mass is 314 g/mol. The molecule has 0 saturated heterocycles. The first-order chi connectivity index (χ1) is 10.7. The maximum absolute atomic E-state index is 10.9. The Kier molecular flexibility index (Phi) is 4.68. The van der Waals surface area contributed by atoms with E-state index in [9.17, 15) is 8.76 Å². The number of nitrogens with one attached hydrogen (secondary N) is 1. The first kappa shape index (κ1) is 15.0. The van der Waals surface area contributed by atoms with Crippen LogP contribution in [-0.4, -0.2) is 13.7 Å². The molecule has 2 unspecified atom stereocenters. The second-order valence-electron chi connectivity index (χ2n) is 5.10. The Balaban J connectivity index is 1.78. The van der Waals surface area contributed by atoms with Gasteiger partial charge < -0.3 is 9.54 Å². The maximum Gasteiger partial charge on any atom is 0.0990 e. The third kappa shape index (κ3) is 3.44. The average molecular weight is 314 g/mol. The van der Waals surface area contributed by atoms with Crippen molar-refractivity contribution in [3.63, 3.8) is 0 Å². The van der Waals surface area contributed by atoms with Gasteiger partial charge in [0.1, 0.15) is 0 Å². The molecule has 114 valence electrons. The van der Waals surface area contributed by atoms with Gasteiger partial charge in [-0.1, -0.05) is 48.5 Å². The van der Waals surface area contributed by atoms with E-state index in [1.807, 2.05) is 54.7 Å². The Bertz CT molecular complexity index is 770. The number of aryl methyl sites for hydroxylation is 1. The highest BCUT2D eigenvalue weighted by Crippen LogP contribution is 2.26. The molecule has 4 nitrogen and oxygen atoms in total. The minimum atomic E-state index is -2.53. The molecule has 0 fully saturated rings. The Labute approximate surface area is 131 Å². The molecule has 0 aliphatic heterocycles. The molecule has 5 heteroatoms. The quantitative estimate of drug-likeness (QED) is 0.706. The molecular formula is C17H16NO3S-. The summed E-state index contributed by atoms with van der Waals surface area (Å²) in [5, 5.41) is 1.16. The van der Waals surface area contributed by atoms with Crippen molar-refractivity contribution >= 4 is 22.3 Å². The van der Waals surface area contributed by atoms with Crippen molar-refractivity contribution in [3.8, 4) is 0 Å². The summed E-state index contributed by atoms with van der Waals surface area (Å²) in [5.41, 5.74) is 3.12. The standard InChI is InChI=1S/C17H17NO3S/c19-22(20)21-17(13-6-2-1-3-7-13)11-10-14-12-18-16-9-5-4-8-15(14)16/h1-9,12,17-18H,10-11H2,(H,19,20)/p-1. The summed E-state index contributed by atoms with van der Waals surface area (Å²) in [7, 11) is 0. The fraction of sp³-hybridized carbons (Fsp3) is 0.176. The summed E-state index contributed by atoms with van der Waals surface area (Å²) in [4.78, 5) is 3.23. The van der Waals surface area contributed by atoms with Crippen molar-refractivity contribution < 1.29 is 12.9 Å². The van der Waals surface area contributed by atoms with E-state index in [2.05, 4.69) is 11.1 Å². The second-order valence-corrected chi connectivity index (χ2v) is 5.70. The number of para-hydroxylation sites is 1. The van der Waals surface area contributed by atoms with Crippen LogP contribution in [0.25, 0.3) is 10.9 Å². The normalized spacial score (nSPS) is 14.0. The van der Waals surface area contributed by atoms with Crippen LogP contribution in [0.5, 0.6) is 0 Å². The van der Waals surface area contributed by atoms with Gasteiger partial charge >= 0.3 is 0 Å². The summed E-state index contributed by atoms with van der Waals surface area (Å²) >= 11 is -2.53. The molecular weight excluding hydrogens is 298 g/mol. The molecule has 1 aromatic heterocycles. The van der Waals surface area contributed by atoms with E-state index in [0.717, 1.165) is 28.5 Å². The van der Waals surface area contributed by atoms with Crippen LogP contribution in [-0.2, 0) is 22.0 Å². The van der Waals surface area contributed by atoms with Crippen molar-refractivity contribution in [2.75, 3.05) is 0 Å². The van der Waals surface area contributed by atoms with E-state index in [-0.39, 0.29) is 0 Å². The molecule has 22 heavy (non-hydrogen) atoms. The van der Waals surface area contributed by atoms with Crippen molar-refractivity contribution in [1.82, 2.24) is 4.98 Å². The number of fused-ring (bicyclic) bond motifs is 1. The van der Waals surface area contributed by atoms with Gasteiger partial charge in [-0.3, -0.25) is 4.18 Å². The lowest BCUT2D eigenvalue weighted by atomic mass is 10.0. The molecule has 2 aromatic carbocycles. The SMILES string of the molecule is O=S([O-])OC(CCc1c[nH]c2ccccc12)c1ccccc1. The van der Waals surface area contributed by atoms with Crippen LogP contribution in [0.3, 0.4) is 0 Å². The molecule has 2 atom stereocenters. The van der Waals surface area contributed by atoms with Crippen molar-refractivity contribution in [3.05, 3.63) is 71.9 Å². The van der Waals surface area contributed by atoms with Gasteiger partial charge in [-0.05, 0) is 30.0 Å². The summed E-state index contributed by atoms with van der Waals surface area (Å²) in [5.74, 6) is 0. The summed E-state index contributed by atoms with van der Waals surface area (Å²) in [6, 6.07) is 17.5. The Morgan fingerprint density at radius 3 is 2.59 bits per heavy atom. The van der Waals surface area contributed by atoms with Gasteiger partial charge in [0.05, 0.1) is 17.5 Å². The zero-order chi connectivity index (χ0) is 15.4. The van der Waals surface area contributed by atoms with Crippen molar-refractivity contribution in [2.24, 2.45) is 0 Å². The summed E-state index contributed by atoms with van der Waals surface area (Å²) < 4.78 is 26.9. The van der Waals surface area contributed by atoms with Gasteiger partial charge in [-0.2, -0.15) is 0 Å². The van der Waals surface area contributed by atoms with Gasteiger partial charge in [0, 0.05) is 17.1 Å². The third-order valence-corrected chi connectivity index (χ3v) is 4.11. The molecule has 0 saturated carbocycles. The van der Waals surface area contributed by atoms with E-state index in [0.29, 0.717) is 6.42 Å². The van der Waals surface area contributed by atoms with Crippen LogP contribution >= 0.6 is 0 Å². The van der Waals surface area contributed by atoms with Crippen LogP contribution in [0, 0.1) is 0 Å². The van der Waals surface area contributed by atoms with Crippen LogP contribution in [0.2, 0.25) is 0 Å². The van der Waals surface area contributed by atoms with Gasteiger partial charge in [0.2, 0.25) is 0 Å². The summed E-state index contributed by atoms with van der Waals surface area (Å²) in [6.45, 7) is 0. The molecule has 3 aromatic rings. The number of aromatic nitrogens is 1. The average Bonchev–Trinajstić information content (AvgIpc) is 2.95. The Morgan fingerprint density at radius 1 is 1.09 bits per heavy atom. The van der Waals surface area contributed by atoms with Gasteiger partial charge in [-0.15, -0.1) is 0 Å². The fourth-order valence-electron chi connectivity index (χ4n) is 2.66. The molecule has 0 aliphatic rings. The molecule has 0 spiro atoms. The highest BCUT2D eigenvalue weighted by molar-refractivity contribution is 7.74. The van der Waals surface area contributed by atoms with E-state index in [1.54, 1.807) is 0 Å². The fourth-order valence-corrected chi connectivity index (χ4v) is 3.05.